The minimum absolute atomic E-state index is 0.438. The van der Waals surface area contributed by atoms with E-state index in [1.165, 1.54) is 12.8 Å². The van der Waals surface area contributed by atoms with E-state index in [0.29, 0.717) is 11.5 Å². The normalized spacial score (nSPS) is 30.5. The number of nitrogens with one attached hydrogen (secondary N) is 1. The molecule has 58 valence electrons. The van der Waals surface area contributed by atoms with Gasteiger partial charge >= 0.3 is 0 Å². The smallest absolute Gasteiger partial charge is 0.0247 e. The second-order valence-electron chi connectivity index (χ2n) is 3.78. The first-order chi connectivity index (χ1) is 4.64. The van der Waals surface area contributed by atoms with E-state index < -0.39 is 0 Å². The molecule has 0 spiro atoms. The van der Waals surface area contributed by atoms with Gasteiger partial charge in [-0.15, -0.1) is 0 Å². The first kappa shape index (κ1) is 7.80. The summed E-state index contributed by atoms with van der Waals surface area (Å²) in [4.78, 5) is 0. The van der Waals surface area contributed by atoms with Crippen LogP contribution in [0.15, 0.2) is 12.2 Å². The molecule has 0 aromatic rings. The Kier molecular flexibility index (Phi) is 2.14. The number of allylic oxidation sites excluding steroid dienone is 1. The topological polar surface area (TPSA) is 12.0 Å². The van der Waals surface area contributed by atoms with Gasteiger partial charge in [-0.05, 0) is 25.3 Å². The molecule has 1 aliphatic rings. The number of hydrogen-bond donors (Lipinski definition) is 1. The monoisotopic (exact) mass is 139 g/mol. The van der Waals surface area contributed by atoms with Crippen molar-refractivity contribution in [3.05, 3.63) is 12.2 Å². The second-order valence-corrected chi connectivity index (χ2v) is 3.78. The van der Waals surface area contributed by atoms with Gasteiger partial charge in [-0.1, -0.05) is 26.0 Å². The summed E-state index contributed by atoms with van der Waals surface area (Å²) in [6, 6.07) is 0.619. The van der Waals surface area contributed by atoms with Crippen molar-refractivity contribution >= 4 is 0 Å². The van der Waals surface area contributed by atoms with E-state index in [2.05, 4.69) is 31.3 Å². The van der Waals surface area contributed by atoms with E-state index in [0.717, 1.165) is 0 Å². The molecule has 0 aromatic carbocycles. The largest absolute Gasteiger partial charge is 0.314 e. The lowest BCUT2D eigenvalue weighted by atomic mass is 9.81. The summed E-state index contributed by atoms with van der Waals surface area (Å²) < 4.78 is 0. The molecule has 0 saturated heterocycles. The molecular weight excluding hydrogens is 122 g/mol. The van der Waals surface area contributed by atoms with Crippen LogP contribution in [0.5, 0.6) is 0 Å². The van der Waals surface area contributed by atoms with Crippen LogP contribution < -0.4 is 5.32 Å². The third-order valence-electron chi connectivity index (χ3n) is 2.25. The summed E-state index contributed by atoms with van der Waals surface area (Å²) in [5, 5.41) is 3.25. The molecule has 0 aromatic heterocycles. The molecule has 0 heterocycles. The summed E-state index contributed by atoms with van der Waals surface area (Å²) in [6.45, 7) is 4.57. The van der Waals surface area contributed by atoms with Gasteiger partial charge in [0, 0.05) is 6.04 Å². The van der Waals surface area contributed by atoms with Crippen LogP contribution in [0.2, 0.25) is 0 Å². The molecule has 0 radical (unpaired) electrons. The highest BCUT2D eigenvalue weighted by Crippen LogP contribution is 2.28. The van der Waals surface area contributed by atoms with Crippen LogP contribution in [0.1, 0.15) is 26.7 Å². The number of hydrogen-bond acceptors (Lipinski definition) is 1. The molecule has 1 rings (SSSR count). The van der Waals surface area contributed by atoms with Crippen LogP contribution in [-0.4, -0.2) is 13.1 Å². The Labute approximate surface area is 63.5 Å². The molecule has 1 N–H and O–H groups in total. The fourth-order valence-corrected chi connectivity index (χ4v) is 1.32. The number of rotatable bonds is 1. The zero-order valence-corrected chi connectivity index (χ0v) is 7.15. The van der Waals surface area contributed by atoms with Crippen molar-refractivity contribution in [3.8, 4) is 0 Å². The van der Waals surface area contributed by atoms with Gasteiger partial charge in [0.05, 0.1) is 0 Å². The Morgan fingerprint density at radius 3 is 2.60 bits per heavy atom. The molecule has 0 saturated carbocycles. The van der Waals surface area contributed by atoms with Gasteiger partial charge in [0.15, 0.2) is 0 Å². The van der Waals surface area contributed by atoms with Gasteiger partial charge in [-0.2, -0.15) is 0 Å². The predicted octanol–water partition coefficient (Wildman–Crippen LogP) is 1.95. The standard InChI is InChI=1S/C9H17N/c1-9(2)6-4-8(10-3)5-7-9/h4,6,8,10H,5,7H2,1-3H3. The summed E-state index contributed by atoms with van der Waals surface area (Å²) in [5.41, 5.74) is 0.438. The molecule has 10 heavy (non-hydrogen) atoms. The molecule has 1 unspecified atom stereocenters. The summed E-state index contributed by atoms with van der Waals surface area (Å²) in [6.07, 6.45) is 7.18. The van der Waals surface area contributed by atoms with Crippen molar-refractivity contribution in [2.45, 2.75) is 32.7 Å². The van der Waals surface area contributed by atoms with Gasteiger partial charge in [0.25, 0.3) is 0 Å². The van der Waals surface area contributed by atoms with Gasteiger partial charge in [-0.25, -0.2) is 0 Å². The fourth-order valence-electron chi connectivity index (χ4n) is 1.32. The lowest BCUT2D eigenvalue weighted by molar-refractivity contribution is 0.374. The van der Waals surface area contributed by atoms with Crippen LogP contribution in [0, 0.1) is 5.41 Å². The minimum atomic E-state index is 0.438. The maximum atomic E-state index is 3.25. The highest BCUT2D eigenvalue weighted by molar-refractivity contribution is 5.05. The van der Waals surface area contributed by atoms with E-state index in [1.54, 1.807) is 0 Å². The molecule has 0 bridgehead atoms. The molecular formula is C9H17N. The van der Waals surface area contributed by atoms with Crippen LogP contribution in [0.3, 0.4) is 0 Å². The summed E-state index contributed by atoms with van der Waals surface area (Å²) in [7, 11) is 2.02. The van der Waals surface area contributed by atoms with Crippen LogP contribution in [-0.2, 0) is 0 Å². The van der Waals surface area contributed by atoms with Gasteiger partial charge in [0.1, 0.15) is 0 Å². The highest BCUT2D eigenvalue weighted by atomic mass is 14.9. The summed E-state index contributed by atoms with van der Waals surface area (Å²) in [5.74, 6) is 0. The second kappa shape index (κ2) is 2.75. The van der Waals surface area contributed by atoms with E-state index in [4.69, 9.17) is 0 Å². The van der Waals surface area contributed by atoms with Crippen molar-refractivity contribution in [2.24, 2.45) is 5.41 Å². The predicted molar refractivity (Wildman–Crippen MR) is 45.0 cm³/mol. The van der Waals surface area contributed by atoms with Gasteiger partial charge < -0.3 is 5.32 Å². The molecule has 1 heteroatoms. The zero-order chi connectivity index (χ0) is 7.61. The van der Waals surface area contributed by atoms with Gasteiger partial charge in [-0.3, -0.25) is 0 Å². The molecule has 1 aliphatic carbocycles. The lowest BCUT2D eigenvalue weighted by Gasteiger charge is -2.28. The van der Waals surface area contributed by atoms with E-state index in [1.807, 2.05) is 7.05 Å². The van der Waals surface area contributed by atoms with Crippen LogP contribution >= 0.6 is 0 Å². The maximum absolute atomic E-state index is 3.25. The molecule has 1 atom stereocenters. The Hall–Kier alpha value is -0.300. The average molecular weight is 139 g/mol. The molecule has 0 fully saturated rings. The Bertz CT molecular complexity index is 136. The number of likely N-dealkylation sites (N-methyl/N-ethyl adjacent to an activating group) is 1. The summed E-state index contributed by atoms with van der Waals surface area (Å²) >= 11 is 0. The van der Waals surface area contributed by atoms with Crippen molar-refractivity contribution in [1.82, 2.24) is 5.32 Å². The lowest BCUT2D eigenvalue weighted by Crippen LogP contribution is -2.28. The highest BCUT2D eigenvalue weighted by Gasteiger charge is 2.19. The van der Waals surface area contributed by atoms with Crippen LogP contribution in [0.4, 0.5) is 0 Å². The Morgan fingerprint density at radius 2 is 2.20 bits per heavy atom. The van der Waals surface area contributed by atoms with E-state index >= 15 is 0 Å². The first-order valence-corrected chi connectivity index (χ1v) is 4.01. The third kappa shape index (κ3) is 1.84. The fraction of sp³-hybridized carbons (Fsp3) is 0.778. The van der Waals surface area contributed by atoms with Crippen molar-refractivity contribution in [1.29, 1.82) is 0 Å². The van der Waals surface area contributed by atoms with Gasteiger partial charge in [0.2, 0.25) is 0 Å². The Balaban J connectivity index is 2.52. The molecule has 0 amide bonds. The quantitative estimate of drug-likeness (QED) is 0.547. The Morgan fingerprint density at radius 1 is 1.50 bits per heavy atom. The molecule has 0 aliphatic heterocycles. The average Bonchev–Trinajstić information content (AvgIpc) is 1.88. The SMILES string of the molecule is CNC1C=CC(C)(C)CC1. The maximum Gasteiger partial charge on any atom is 0.0247 e. The first-order valence-electron chi connectivity index (χ1n) is 4.01. The van der Waals surface area contributed by atoms with Crippen LogP contribution in [0.25, 0.3) is 0 Å². The van der Waals surface area contributed by atoms with Crippen molar-refractivity contribution in [2.75, 3.05) is 7.05 Å². The van der Waals surface area contributed by atoms with E-state index in [-0.39, 0.29) is 0 Å². The zero-order valence-electron chi connectivity index (χ0n) is 7.15. The minimum Gasteiger partial charge on any atom is -0.314 e. The van der Waals surface area contributed by atoms with Crippen molar-refractivity contribution in [3.63, 3.8) is 0 Å². The van der Waals surface area contributed by atoms with E-state index in [9.17, 15) is 0 Å². The van der Waals surface area contributed by atoms with Crippen molar-refractivity contribution < 1.29 is 0 Å². The molecule has 1 nitrogen and oxygen atoms in total. The third-order valence-corrected chi connectivity index (χ3v) is 2.25.